The molecule has 2 N–H and O–H groups in total. The number of rotatable bonds is 9. The van der Waals surface area contributed by atoms with Gasteiger partial charge < -0.3 is 5.11 Å². The first kappa shape index (κ1) is 15.2. The van der Waals surface area contributed by atoms with Crippen molar-refractivity contribution >= 4 is 21.8 Å². The Kier molecular flexibility index (Phi) is 8.50. The molecular formula is C9H21NO3S2. The van der Waals surface area contributed by atoms with Crippen molar-refractivity contribution in [1.82, 2.24) is 4.72 Å². The highest BCUT2D eigenvalue weighted by molar-refractivity contribution is 7.99. The molecule has 0 radical (unpaired) electrons. The first-order valence-electron chi connectivity index (χ1n) is 5.14. The van der Waals surface area contributed by atoms with Crippen LogP contribution < -0.4 is 4.72 Å². The van der Waals surface area contributed by atoms with Gasteiger partial charge in [0.25, 0.3) is 0 Å². The molecule has 0 fully saturated rings. The quantitative estimate of drug-likeness (QED) is 0.595. The summed E-state index contributed by atoms with van der Waals surface area (Å²) in [5, 5.41) is 8.53. The van der Waals surface area contributed by atoms with Gasteiger partial charge in [0.2, 0.25) is 10.0 Å². The predicted octanol–water partition coefficient (Wildman–Crippen LogP) is 0.677. The molecule has 0 saturated carbocycles. The van der Waals surface area contributed by atoms with E-state index in [2.05, 4.69) is 4.72 Å². The van der Waals surface area contributed by atoms with E-state index in [1.165, 1.54) is 0 Å². The first-order chi connectivity index (χ1) is 6.98. The minimum atomic E-state index is -3.09. The molecule has 0 aliphatic heterocycles. The summed E-state index contributed by atoms with van der Waals surface area (Å²) in [6, 6.07) is 0. The zero-order chi connectivity index (χ0) is 11.7. The Morgan fingerprint density at radius 2 is 2.00 bits per heavy atom. The molecule has 0 rings (SSSR count). The van der Waals surface area contributed by atoms with E-state index in [0.717, 1.165) is 17.9 Å². The van der Waals surface area contributed by atoms with Gasteiger partial charge in [0, 0.05) is 18.9 Å². The predicted molar refractivity (Wildman–Crippen MR) is 65.7 cm³/mol. The third-order valence-corrected chi connectivity index (χ3v) is 4.39. The summed E-state index contributed by atoms with van der Waals surface area (Å²) in [5.41, 5.74) is 0. The lowest BCUT2D eigenvalue weighted by Crippen LogP contribution is -2.30. The summed E-state index contributed by atoms with van der Waals surface area (Å²) in [7, 11) is -3.09. The van der Waals surface area contributed by atoms with Crippen LogP contribution in [0.4, 0.5) is 0 Å². The fraction of sp³-hybridized carbons (Fsp3) is 1.00. The highest BCUT2D eigenvalue weighted by Gasteiger charge is 2.11. The van der Waals surface area contributed by atoms with Gasteiger partial charge >= 0.3 is 0 Å². The number of aliphatic hydroxyl groups excluding tert-OH is 1. The van der Waals surface area contributed by atoms with Crippen LogP contribution in [0.1, 0.15) is 20.3 Å². The molecule has 0 spiro atoms. The Bertz CT molecular complexity index is 240. The summed E-state index contributed by atoms with van der Waals surface area (Å²) in [5.74, 6) is 1.98. The van der Waals surface area contributed by atoms with Gasteiger partial charge in [-0.05, 0) is 18.1 Å². The zero-order valence-electron chi connectivity index (χ0n) is 9.40. The number of hydrogen-bond donors (Lipinski definition) is 2. The normalized spacial score (nSPS) is 12.3. The smallest absolute Gasteiger partial charge is 0.211 e. The SMILES string of the molecule is CC(C)CS(=O)(=O)NCCSCCCO. The third-order valence-electron chi connectivity index (χ3n) is 1.57. The van der Waals surface area contributed by atoms with Crippen LogP contribution in [-0.4, -0.2) is 43.9 Å². The van der Waals surface area contributed by atoms with Crippen molar-refractivity contribution in [3.8, 4) is 0 Å². The van der Waals surface area contributed by atoms with E-state index in [1.807, 2.05) is 13.8 Å². The molecule has 0 aliphatic rings. The number of sulfonamides is 1. The second-order valence-electron chi connectivity index (χ2n) is 3.76. The fourth-order valence-corrected chi connectivity index (χ4v) is 3.36. The van der Waals surface area contributed by atoms with Crippen LogP contribution in [0.25, 0.3) is 0 Å². The van der Waals surface area contributed by atoms with Crippen molar-refractivity contribution in [2.24, 2.45) is 5.92 Å². The van der Waals surface area contributed by atoms with E-state index in [-0.39, 0.29) is 18.3 Å². The van der Waals surface area contributed by atoms with Crippen LogP contribution >= 0.6 is 11.8 Å². The maximum atomic E-state index is 11.4. The Morgan fingerprint density at radius 1 is 1.33 bits per heavy atom. The molecule has 0 unspecified atom stereocenters. The maximum Gasteiger partial charge on any atom is 0.211 e. The minimum absolute atomic E-state index is 0.157. The van der Waals surface area contributed by atoms with Crippen LogP contribution in [-0.2, 0) is 10.0 Å². The molecular weight excluding hydrogens is 234 g/mol. The average molecular weight is 255 g/mol. The largest absolute Gasteiger partial charge is 0.396 e. The fourth-order valence-electron chi connectivity index (χ4n) is 1.04. The standard InChI is InChI=1S/C9H21NO3S2/c1-9(2)8-15(12,13)10-4-7-14-6-3-5-11/h9-11H,3-8H2,1-2H3. The second kappa shape index (κ2) is 8.38. The van der Waals surface area contributed by atoms with Crippen molar-refractivity contribution in [3.05, 3.63) is 0 Å². The van der Waals surface area contributed by atoms with E-state index in [4.69, 9.17) is 5.11 Å². The lowest BCUT2D eigenvalue weighted by Gasteiger charge is -2.08. The van der Waals surface area contributed by atoms with Crippen molar-refractivity contribution < 1.29 is 13.5 Å². The van der Waals surface area contributed by atoms with E-state index < -0.39 is 10.0 Å². The first-order valence-corrected chi connectivity index (χ1v) is 7.94. The molecule has 0 atom stereocenters. The summed E-state index contributed by atoms with van der Waals surface area (Å²) >= 11 is 1.65. The Morgan fingerprint density at radius 3 is 2.53 bits per heavy atom. The maximum absolute atomic E-state index is 11.4. The van der Waals surface area contributed by atoms with Crippen LogP contribution in [0.2, 0.25) is 0 Å². The molecule has 0 bridgehead atoms. The van der Waals surface area contributed by atoms with Crippen molar-refractivity contribution in [2.45, 2.75) is 20.3 Å². The van der Waals surface area contributed by atoms with E-state index in [0.29, 0.717) is 6.54 Å². The molecule has 6 heteroatoms. The van der Waals surface area contributed by atoms with Crippen LogP contribution in [0.15, 0.2) is 0 Å². The van der Waals surface area contributed by atoms with Crippen molar-refractivity contribution in [2.75, 3.05) is 30.4 Å². The molecule has 0 aliphatic carbocycles. The average Bonchev–Trinajstić information content (AvgIpc) is 2.08. The molecule has 0 heterocycles. The van der Waals surface area contributed by atoms with E-state index in [9.17, 15) is 8.42 Å². The van der Waals surface area contributed by atoms with Gasteiger partial charge in [-0.15, -0.1) is 0 Å². The number of aliphatic hydroxyl groups is 1. The lowest BCUT2D eigenvalue weighted by atomic mass is 10.3. The summed E-state index contributed by atoms with van der Waals surface area (Å²) in [4.78, 5) is 0. The van der Waals surface area contributed by atoms with Gasteiger partial charge in [-0.2, -0.15) is 11.8 Å². The molecule has 0 aromatic heterocycles. The number of hydrogen-bond acceptors (Lipinski definition) is 4. The molecule has 0 amide bonds. The van der Waals surface area contributed by atoms with Crippen molar-refractivity contribution in [3.63, 3.8) is 0 Å². The van der Waals surface area contributed by atoms with Crippen LogP contribution in [0.5, 0.6) is 0 Å². The summed E-state index contributed by atoms with van der Waals surface area (Å²) < 4.78 is 25.3. The lowest BCUT2D eigenvalue weighted by molar-refractivity contribution is 0.296. The summed E-state index contributed by atoms with van der Waals surface area (Å²) in [6.07, 6.45) is 0.767. The van der Waals surface area contributed by atoms with Crippen molar-refractivity contribution in [1.29, 1.82) is 0 Å². The van der Waals surface area contributed by atoms with Gasteiger partial charge in [0.15, 0.2) is 0 Å². The Labute approximate surface area is 96.9 Å². The molecule has 0 aromatic carbocycles. The van der Waals surface area contributed by atoms with Gasteiger partial charge in [-0.1, -0.05) is 13.8 Å². The molecule has 0 saturated heterocycles. The Balaban J connectivity index is 3.50. The molecule has 4 nitrogen and oxygen atoms in total. The minimum Gasteiger partial charge on any atom is -0.396 e. The monoisotopic (exact) mass is 255 g/mol. The Hall–Kier alpha value is 0.220. The van der Waals surface area contributed by atoms with Gasteiger partial charge in [0.05, 0.1) is 5.75 Å². The second-order valence-corrected chi connectivity index (χ2v) is 6.84. The zero-order valence-corrected chi connectivity index (χ0v) is 11.0. The molecule has 15 heavy (non-hydrogen) atoms. The van der Waals surface area contributed by atoms with Gasteiger partial charge in [-0.3, -0.25) is 0 Å². The highest BCUT2D eigenvalue weighted by Crippen LogP contribution is 2.01. The van der Waals surface area contributed by atoms with Crippen LogP contribution in [0.3, 0.4) is 0 Å². The number of nitrogens with one attached hydrogen (secondary N) is 1. The van der Waals surface area contributed by atoms with Gasteiger partial charge in [-0.25, -0.2) is 13.1 Å². The summed E-state index contributed by atoms with van der Waals surface area (Å²) in [6.45, 7) is 4.45. The topological polar surface area (TPSA) is 66.4 Å². The molecule has 92 valence electrons. The highest BCUT2D eigenvalue weighted by atomic mass is 32.2. The van der Waals surface area contributed by atoms with Gasteiger partial charge in [0.1, 0.15) is 0 Å². The number of thioether (sulfide) groups is 1. The van der Waals surface area contributed by atoms with E-state index >= 15 is 0 Å². The third kappa shape index (κ3) is 10.5. The molecule has 0 aromatic rings. The van der Waals surface area contributed by atoms with Crippen LogP contribution in [0, 0.1) is 5.92 Å². The van der Waals surface area contributed by atoms with E-state index in [1.54, 1.807) is 11.8 Å².